The first-order valence-corrected chi connectivity index (χ1v) is 7.99. The molecule has 0 aliphatic carbocycles. The zero-order chi connectivity index (χ0) is 14.5. The van der Waals surface area contributed by atoms with E-state index in [0.717, 1.165) is 4.47 Å². The van der Waals surface area contributed by atoms with Crippen LogP contribution in [0.2, 0.25) is 5.02 Å². The highest BCUT2D eigenvalue weighted by atomic mass is 79.9. The van der Waals surface area contributed by atoms with Crippen molar-refractivity contribution in [2.24, 2.45) is 0 Å². The second kappa shape index (κ2) is 7.15. The first-order valence-electron chi connectivity index (χ1n) is 5.83. The lowest BCUT2D eigenvalue weighted by molar-refractivity contribution is 0.344. The van der Waals surface area contributed by atoms with Gasteiger partial charge in [-0.05, 0) is 25.1 Å². The molecule has 106 valence electrons. The monoisotopic (exact) mass is 374 g/mol. The number of H-pyrrole nitrogens is 1. The van der Waals surface area contributed by atoms with E-state index in [9.17, 15) is 4.79 Å². The molecule has 0 amide bonds. The van der Waals surface area contributed by atoms with Crippen LogP contribution >= 0.6 is 39.3 Å². The number of benzene rings is 1. The number of rotatable bonds is 5. The highest BCUT2D eigenvalue weighted by Gasteiger charge is 2.03. The van der Waals surface area contributed by atoms with Crippen LogP contribution in [-0.2, 0) is 0 Å². The highest BCUT2D eigenvalue weighted by molar-refractivity contribution is 9.10. The summed E-state index contributed by atoms with van der Waals surface area (Å²) in [6.07, 6.45) is 0. The zero-order valence-corrected chi connectivity index (χ0v) is 13.8. The maximum Gasteiger partial charge on any atom is 0.251 e. The van der Waals surface area contributed by atoms with Gasteiger partial charge in [0.2, 0.25) is 0 Å². The van der Waals surface area contributed by atoms with Crippen molar-refractivity contribution < 1.29 is 4.74 Å². The number of aromatic amines is 1. The fourth-order valence-electron chi connectivity index (χ4n) is 1.50. The molecule has 0 atom stereocenters. The first kappa shape index (κ1) is 15.4. The van der Waals surface area contributed by atoms with E-state index >= 15 is 0 Å². The number of nitrogens with zero attached hydrogens (tertiary/aromatic N) is 1. The number of hydrogen-bond donors (Lipinski definition) is 1. The van der Waals surface area contributed by atoms with Crippen LogP contribution in [0, 0.1) is 6.92 Å². The smallest absolute Gasteiger partial charge is 0.251 e. The standard InChI is InChI=1S/C13H12BrClN2O2S/c1-8-6-12(18)17-13(16-8)20-5-4-19-11-3-2-9(14)7-10(11)15/h2-3,6-7H,4-5H2,1H3,(H,16,17,18). The maximum absolute atomic E-state index is 11.3. The minimum atomic E-state index is -0.142. The van der Waals surface area contributed by atoms with Gasteiger partial charge in [-0.1, -0.05) is 39.3 Å². The molecule has 2 aromatic rings. The molecule has 4 nitrogen and oxygen atoms in total. The molecule has 0 saturated carbocycles. The van der Waals surface area contributed by atoms with Crippen LogP contribution in [0.3, 0.4) is 0 Å². The van der Waals surface area contributed by atoms with Crippen LogP contribution in [0.25, 0.3) is 0 Å². The molecule has 0 fully saturated rings. The van der Waals surface area contributed by atoms with Crippen molar-refractivity contribution in [2.75, 3.05) is 12.4 Å². The molecule has 1 aromatic carbocycles. The van der Waals surface area contributed by atoms with Crippen molar-refractivity contribution in [3.05, 3.63) is 49.8 Å². The van der Waals surface area contributed by atoms with E-state index < -0.39 is 0 Å². The molecule has 0 aliphatic heterocycles. The number of hydrogen-bond acceptors (Lipinski definition) is 4. The molecule has 2 rings (SSSR count). The van der Waals surface area contributed by atoms with Crippen molar-refractivity contribution in [3.63, 3.8) is 0 Å². The molecule has 1 heterocycles. The molecule has 7 heteroatoms. The van der Waals surface area contributed by atoms with Gasteiger partial charge in [0, 0.05) is 22.0 Å². The van der Waals surface area contributed by atoms with Crippen LogP contribution in [-0.4, -0.2) is 22.3 Å². The Kier molecular flexibility index (Phi) is 5.51. The van der Waals surface area contributed by atoms with Gasteiger partial charge in [-0.25, -0.2) is 4.98 Å². The molecule has 0 radical (unpaired) electrons. The van der Waals surface area contributed by atoms with Crippen molar-refractivity contribution in [1.82, 2.24) is 9.97 Å². The summed E-state index contributed by atoms with van der Waals surface area (Å²) >= 11 is 10.8. The predicted octanol–water partition coefficient (Wildman–Crippen LogP) is 3.67. The molecule has 1 aromatic heterocycles. The zero-order valence-electron chi connectivity index (χ0n) is 10.7. The molecule has 0 bridgehead atoms. The van der Waals surface area contributed by atoms with Crippen molar-refractivity contribution in [3.8, 4) is 5.75 Å². The fraction of sp³-hybridized carbons (Fsp3) is 0.231. The van der Waals surface area contributed by atoms with E-state index in [1.165, 1.54) is 17.8 Å². The third-order valence-electron chi connectivity index (χ3n) is 2.32. The quantitative estimate of drug-likeness (QED) is 0.492. The van der Waals surface area contributed by atoms with Crippen molar-refractivity contribution in [1.29, 1.82) is 0 Å². The number of halogens is 2. The number of ether oxygens (including phenoxy) is 1. The van der Waals surface area contributed by atoms with E-state index in [2.05, 4.69) is 25.9 Å². The maximum atomic E-state index is 11.3. The molecule has 0 aliphatic rings. The fourth-order valence-corrected chi connectivity index (χ4v) is 2.97. The molecule has 0 unspecified atom stereocenters. The molecule has 0 saturated heterocycles. The van der Waals surface area contributed by atoms with E-state index in [4.69, 9.17) is 16.3 Å². The summed E-state index contributed by atoms with van der Waals surface area (Å²) in [7, 11) is 0. The minimum Gasteiger partial charge on any atom is -0.491 e. The Hall–Kier alpha value is -0.980. The average molecular weight is 376 g/mol. The lowest BCUT2D eigenvalue weighted by Crippen LogP contribution is -2.09. The number of nitrogens with one attached hydrogen (secondary N) is 1. The van der Waals surface area contributed by atoms with Gasteiger partial charge in [0.05, 0.1) is 11.6 Å². The van der Waals surface area contributed by atoms with Crippen LogP contribution in [0.5, 0.6) is 5.75 Å². The largest absolute Gasteiger partial charge is 0.491 e. The second-order valence-corrected chi connectivity index (χ2v) is 6.37. The Balaban J connectivity index is 1.86. The van der Waals surface area contributed by atoms with Crippen molar-refractivity contribution in [2.45, 2.75) is 12.1 Å². The van der Waals surface area contributed by atoms with Crippen LogP contribution in [0.4, 0.5) is 0 Å². The van der Waals surface area contributed by atoms with Gasteiger partial charge in [0.1, 0.15) is 5.75 Å². The summed E-state index contributed by atoms with van der Waals surface area (Å²) in [6, 6.07) is 6.92. The highest BCUT2D eigenvalue weighted by Crippen LogP contribution is 2.27. The normalized spacial score (nSPS) is 10.6. The molecular weight excluding hydrogens is 364 g/mol. The SMILES string of the molecule is Cc1cc(=O)[nH]c(SCCOc2ccc(Br)cc2Cl)n1. The van der Waals surface area contributed by atoms with E-state index in [1.54, 1.807) is 13.0 Å². The topological polar surface area (TPSA) is 55.0 Å². The summed E-state index contributed by atoms with van der Waals surface area (Å²) in [5.74, 6) is 1.31. The summed E-state index contributed by atoms with van der Waals surface area (Å²) in [6.45, 7) is 2.26. The van der Waals surface area contributed by atoms with E-state index in [1.807, 2.05) is 12.1 Å². The van der Waals surface area contributed by atoms with Gasteiger partial charge >= 0.3 is 0 Å². The van der Waals surface area contributed by atoms with E-state index in [-0.39, 0.29) is 5.56 Å². The molecule has 1 N–H and O–H groups in total. The first-order chi connectivity index (χ1) is 9.54. The molecule has 0 spiro atoms. The van der Waals surface area contributed by atoms with E-state index in [0.29, 0.717) is 34.0 Å². The number of aromatic nitrogens is 2. The summed E-state index contributed by atoms with van der Waals surface area (Å²) in [4.78, 5) is 18.2. The molecule has 20 heavy (non-hydrogen) atoms. The number of aryl methyl sites for hydroxylation is 1. The Morgan fingerprint density at radius 3 is 2.95 bits per heavy atom. The molecular formula is C13H12BrClN2O2S. The van der Waals surface area contributed by atoms with Gasteiger partial charge in [0.25, 0.3) is 5.56 Å². The Labute approximate surface area is 134 Å². The van der Waals surface area contributed by atoms with Crippen LogP contribution < -0.4 is 10.3 Å². The van der Waals surface area contributed by atoms with Crippen LogP contribution in [0.1, 0.15) is 5.69 Å². The lowest BCUT2D eigenvalue weighted by atomic mass is 10.3. The van der Waals surface area contributed by atoms with Crippen molar-refractivity contribution >= 4 is 39.3 Å². The third-order valence-corrected chi connectivity index (χ3v) is 3.95. The number of thioether (sulfide) groups is 1. The average Bonchev–Trinajstić information content (AvgIpc) is 2.35. The Morgan fingerprint density at radius 1 is 1.45 bits per heavy atom. The lowest BCUT2D eigenvalue weighted by Gasteiger charge is -2.08. The predicted molar refractivity (Wildman–Crippen MR) is 85.0 cm³/mol. The Bertz CT molecular complexity index is 663. The van der Waals surface area contributed by atoms with Gasteiger partial charge in [-0.2, -0.15) is 0 Å². The minimum absolute atomic E-state index is 0.142. The Morgan fingerprint density at radius 2 is 2.25 bits per heavy atom. The van der Waals surface area contributed by atoms with Crippen LogP contribution in [0.15, 0.2) is 38.7 Å². The second-order valence-electron chi connectivity index (χ2n) is 3.96. The summed E-state index contributed by atoms with van der Waals surface area (Å²) < 4.78 is 6.49. The van der Waals surface area contributed by atoms with Gasteiger partial charge < -0.3 is 9.72 Å². The van der Waals surface area contributed by atoms with Gasteiger partial charge in [-0.15, -0.1) is 0 Å². The summed E-state index contributed by atoms with van der Waals surface area (Å²) in [5.41, 5.74) is 0.560. The summed E-state index contributed by atoms with van der Waals surface area (Å²) in [5, 5.41) is 1.16. The van der Waals surface area contributed by atoms with Gasteiger partial charge in [0.15, 0.2) is 5.16 Å². The van der Waals surface area contributed by atoms with Gasteiger partial charge in [-0.3, -0.25) is 4.79 Å². The third kappa shape index (κ3) is 4.54.